The summed E-state index contributed by atoms with van der Waals surface area (Å²) in [5.41, 5.74) is 7.96. The largest absolute Gasteiger partial charge is 0.358 e. The standard InChI is InChI=1S/C17H21.C5H5.5CH3.Hf/c1-2-3-4-6-14-11-12-15-10-9-13-7-5-8-16(13)17(14)15;1-2-4-5-3-1;;;;;;/h9-10H,2-8,12H2,1H3;1-5H;5*1H3;/q7*-1;. The summed E-state index contributed by atoms with van der Waals surface area (Å²) >= 11 is 0. The summed E-state index contributed by atoms with van der Waals surface area (Å²) in [4.78, 5) is 0. The number of aryl methyl sites for hydroxylation is 1. The third-order valence-electron chi connectivity index (χ3n) is 4.75. The number of hydrogen-bond donors (Lipinski definition) is 0. The molecule has 0 aromatic heterocycles. The fraction of sp³-hybridized carbons (Fsp3) is 0.333. The number of benzene rings is 1. The quantitative estimate of drug-likeness (QED) is 0.207. The Hall–Kier alpha value is -0.820. The SMILES string of the molecule is CCCCCC1=[C-]Cc2ccc3c(c21)CCC3.[CH3-].[CH3-].[CH3-].[CH3-].[CH3-].[Hf].c1cc[cH-]c1. The van der Waals surface area contributed by atoms with E-state index in [1.165, 1.54) is 56.1 Å². The molecule has 2 aliphatic rings. The van der Waals surface area contributed by atoms with E-state index in [1.807, 2.05) is 30.3 Å². The Bertz CT molecular complexity index is 603. The number of unbranched alkanes of at least 4 members (excludes halogenated alkanes) is 2. The molecule has 4 rings (SSSR count). The molecule has 2 aliphatic carbocycles. The summed E-state index contributed by atoms with van der Waals surface area (Å²) in [6.07, 6.45) is 13.9. The van der Waals surface area contributed by atoms with Gasteiger partial charge in [-0.3, -0.25) is 6.08 Å². The number of rotatable bonds is 4. The first-order valence-electron chi connectivity index (χ1n) is 8.80. The Morgan fingerprint density at radius 2 is 1.54 bits per heavy atom. The van der Waals surface area contributed by atoms with Crippen molar-refractivity contribution in [2.75, 3.05) is 0 Å². The van der Waals surface area contributed by atoms with Gasteiger partial charge in [0.2, 0.25) is 0 Å². The van der Waals surface area contributed by atoms with Crippen LogP contribution in [0, 0.1) is 43.2 Å². The molecule has 0 unspecified atom stereocenters. The zero-order valence-corrected chi connectivity index (χ0v) is 22.8. The number of hydrogen-bond acceptors (Lipinski definition) is 0. The molecule has 160 valence electrons. The fourth-order valence-electron chi connectivity index (χ4n) is 3.61. The topological polar surface area (TPSA) is 0 Å². The van der Waals surface area contributed by atoms with Crippen LogP contribution in [-0.4, -0.2) is 0 Å². The number of fused-ring (bicyclic) bond motifs is 3. The van der Waals surface area contributed by atoms with E-state index < -0.39 is 0 Å². The van der Waals surface area contributed by atoms with Crippen molar-refractivity contribution in [2.24, 2.45) is 0 Å². The van der Waals surface area contributed by atoms with Crippen LogP contribution in [0.4, 0.5) is 0 Å². The maximum absolute atomic E-state index is 3.63. The average molecular weight is 544 g/mol. The van der Waals surface area contributed by atoms with Crippen molar-refractivity contribution in [1.82, 2.24) is 0 Å². The average Bonchev–Trinajstić information content (AvgIpc) is 3.29. The van der Waals surface area contributed by atoms with E-state index in [0.717, 1.165) is 6.42 Å². The summed E-state index contributed by atoms with van der Waals surface area (Å²) < 4.78 is 0. The first-order chi connectivity index (χ1) is 10.9. The van der Waals surface area contributed by atoms with Gasteiger partial charge < -0.3 is 37.1 Å². The second-order valence-electron chi connectivity index (χ2n) is 6.34. The minimum Gasteiger partial charge on any atom is -0.358 e. The molecule has 0 atom stereocenters. The Morgan fingerprint density at radius 3 is 2.11 bits per heavy atom. The zero-order chi connectivity index (χ0) is 15.2. The van der Waals surface area contributed by atoms with Gasteiger partial charge in [0.1, 0.15) is 0 Å². The molecule has 0 N–H and O–H groups in total. The van der Waals surface area contributed by atoms with Gasteiger partial charge in [0.15, 0.2) is 0 Å². The van der Waals surface area contributed by atoms with E-state index in [2.05, 4.69) is 25.1 Å². The minimum absolute atomic E-state index is 0. The van der Waals surface area contributed by atoms with Crippen molar-refractivity contribution in [3.05, 3.63) is 108 Å². The minimum atomic E-state index is 0. The van der Waals surface area contributed by atoms with Gasteiger partial charge in [-0.1, -0.05) is 50.3 Å². The molecule has 0 radical (unpaired) electrons. The van der Waals surface area contributed by atoms with Gasteiger partial charge in [-0.15, -0.1) is 17.5 Å². The van der Waals surface area contributed by atoms with Gasteiger partial charge in [0.25, 0.3) is 0 Å². The second kappa shape index (κ2) is 18.2. The van der Waals surface area contributed by atoms with Gasteiger partial charge in [0, 0.05) is 25.8 Å². The predicted octanol–water partition coefficient (Wildman–Crippen LogP) is 8.15. The molecule has 0 amide bonds. The maximum atomic E-state index is 3.63. The molecule has 1 heteroatoms. The summed E-state index contributed by atoms with van der Waals surface area (Å²) in [5.74, 6) is 0. The Kier molecular flexibility index (Phi) is 22.6. The van der Waals surface area contributed by atoms with Crippen LogP contribution in [0.25, 0.3) is 5.57 Å². The molecule has 2 aromatic rings. The third-order valence-corrected chi connectivity index (χ3v) is 4.75. The van der Waals surface area contributed by atoms with E-state index in [-0.39, 0.29) is 63.0 Å². The van der Waals surface area contributed by atoms with Crippen molar-refractivity contribution >= 4 is 5.57 Å². The van der Waals surface area contributed by atoms with Gasteiger partial charge in [-0.25, -0.2) is 17.7 Å². The van der Waals surface area contributed by atoms with Crippen molar-refractivity contribution in [3.8, 4) is 0 Å². The third kappa shape index (κ3) is 8.68. The van der Waals surface area contributed by atoms with Gasteiger partial charge >= 0.3 is 0 Å². The fourth-order valence-corrected chi connectivity index (χ4v) is 3.61. The van der Waals surface area contributed by atoms with E-state index in [1.54, 1.807) is 16.7 Å². The van der Waals surface area contributed by atoms with Crippen molar-refractivity contribution < 1.29 is 25.8 Å². The van der Waals surface area contributed by atoms with Gasteiger partial charge in [-0.2, -0.15) is 23.8 Å². The van der Waals surface area contributed by atoms with Crippen LogP contribution in [0.15, 0.2) is 42.5 Å². The van der Waals surface area contributed by atoms with Crippen LogP contribution in [-0.2, 0) is 45.1 Å². The predicted molar refractivity (Wildman–Crippen MR) is 127 cm³/mol. The molecule has 0 heterocycles. The molecule has 0 saturated heterocycles. The zero-order valence-electron chi connectivity index (χ0n) is 19.2. The van der Waals surface area contributed by atoms with Crippen LogP contribution < -0.4 is 0 Å². The van der Waals surface area contributed by atoms with Gasteiger partial charge in [0.05, 0.1) is 0 Å². The Morgan fingerprint density at radius 1 is 0.893 bits per heavy atom. The van der Waals surface area contributed by atoms with Crippen LogP contribution in [0.1, 0.15) is 61.3 Å². The summed E-state index contributed by atoms with van der Waals surface area (Å²) in [6, 6.07) is 14.7. The van der Waals surface area contributed by atoms with Crippen LogP contribution in [0.3, 0.4) is 0 Å². The second-order valence-corrected chi connectivity index (χ2v) is 6.34. The van der Waals surface area contributed by atoms with E-state index in [4.69, 9.17) is 0 Å². The first kappa shape index (κ1) is 34.7. The van der Waals surface area contributed by atoms with Crippen LogP contribution >= 0.6 is 0 Å². The molecule has 0 saturated carbocycles. The van der Waals surface area contributed by atoms with Crippen molar-refractivity contribution in [1.29, 1.82) is 0 Å². The summed E-state index contributed by atoms with van der Waals surface area (Å²) in [5, 5.41) is 0. The molecule has 0 nitrogen and oxygen atoms in total. The van der Waals surface area contributed by atoms with Crippen molar-refractivity contribution in [2.45, 2.75) is 58.3 Å². The Balaban J connectivity index is -0.000000233. The van der Waals surface area contributed by atoms with Crippen LogP contribution in [0.2, 0.25) is 0 Å². The maximum Gasteiger partial charge on any atom is 0 e. The summed E-state index contributed by atoms with van der Waals surface area (Å²) in [6.45, 7) is 2.28. The van der Waals surface area contributed by atoms with Crippen molar-refractivity contribution in [3.63, 3.8) is 0 Å². The summed E-state index contributed by atoms with van der Waals surface area (Å²) in [7, 11) is 0. The molecule has 2 aromatic carbocycles. The molecule has 28 heavy (non-hydrogen) atoms. The van der Waals surface area contributed by atoms with E-state index >= 15 is 0 Å². The molecular weight excluding hydrogens is 503 g/mol. The molecular formula is C27H41Hf-7. The molecule has 0 fully saturated rings. The monoisotopic (exact) mass is 545 g/mol. The molecule has 0 spiro atoms. The Labute approximate surface area is 197 Å². The van der Waals surface area contributed by atoms with E-state index in [0.29, 0.717) is 0 Å². The normalized spacial score (nSPS) is 11.7. The van der Waals surface area contributed by atoms with Crippen LogP contribution in [0.5, 0.6) is 0 Å². The van der Waals surface area contributed by atoms with E-state index in [9.17, 15) is 0 Å². The molecule has 0 bridgehead atoms. The first-order valence-corrected chi connectivity index (χ1v) is 8.80. The molecule has 0 aliphatic heterocycles. The van der Waals surface area contributed by atoms with Gasteiger partial charge in [-0.05, 0) is 19.3 Å². The number of allylic oxidation sites excluding steroid dienone is 2. The smallest absolute Gasteiger partial charge is 0 e.